The Kier molecular flexibility index (Phi) is 11.4. The summed E-state index contributed by atoms with van der Waals surface area (Å²) in [6, 6.07) is 32.2. The summed E-state index contributed by atoms with van der Waals surface area (Å²) in [5, 5.41) is 0. The molecule has 0 aliphatic carbocycles. The predicted octanol–water partition coefficient (Wildman–Crippen LogP) is 9.03. The maximum Gasteiger partial charge on any atom is 0.338 e. The molecule has 0 aromatic heterocycles. The maximum absolute atomic E-state index is 13.0. The van der Waals surface area contributed by atoms with Crippen molar-refractivity contribution in [2.45, 2.75) is 89.6 Å². The fourth-order valence-corrected chi connectivity index (χ4v) is 6.53. The second-order valence-electron chi connectivity index (χ2n) is 12.9. The van der Waals surface area contributed by atoms with Crippen LogP contribution in [0.5, 0.6) is 0 Å². The number of fused-ring (bicyclic) bond motifs is 1. The fourth-order valence-electron chi connectivity index (χ4n) is 6.53. The molecule has 0 amide bonds. The zero-order valence-corrected chi connectivity index (χ0v) is 28.1. The van der Waals surface area contributed by atoms with Crippen molar-refractivity contribution in [2.75, 3.05) is 13.2 Å². The molecule has 48 heavy (non-hydrogen) atoms. The molecule has 6 heteroatoms. The molecule has 0 bridgehead atoms. The van der Waals surface area contributed by atoms with E-state index < -0.39 is 36.4 Å². The quantitative estimate of drug-likeness (QED) is 0.101. The molecule has 4 aromatic carbocycles. The smallest absolute Gasteiger partial charge is 0.338 e. The molecular formula is C42H46O6. The van der Waals surface area contributed by atoms with E-state index in [4.69, 9.17) is 18.9 Å². The van der Waals surface area contributed by atoms with Gasteiger partial charge >= 0.3 is 11.9 Å². The van der Waals surface area contributed by atoms with Gasteiger partial charge in [0.1, 0.15) is 12.2 Å². The summed E-state index contributed by atoms with van der Waals surface area (Å²) in [5.74, 6) is -0.866. The van der Waals surface area contributed by atoms with Gasteiger partial charge in [0.15, 0.2) is 12.2 Å². The first-order chi connectivity index (χ1) is 23.5. The molecule has 250 valence electrons. The van der Waals surface area contributed by atoms with Crippen LogP contribution in [0.1, 0.15) is 84.2 Å². The van der Waals surface area contributed by atoms with E-state index in [9.17, 15) is 9.59 Å². The van der Waals surface area contributed by atoms with E-state index in [0.717, 1.165) is 35.1 Å². The van der Waals surface area contributed by atoms with Crippen molar-refractivity contribution in [1.82, 2.24) is 0 Å². The average molecular weight is 647 g/mol. The van der Waals surface area contributed by atoms with Crippen LogP contribution in [0.25, 0.3) is 22.3 Å². The summed E-state index contributed by atoms with van der Waals surface area (Å²) in [5.41, 5.74) is 7.93. The molecule has 0 radical (unpaired) electrons. The van der Waals surface area contributed by atoms with Gasteiger partial charge in [-0.15, -0.1) is 0 Å². The molecule has 0 saturated carbocycles. The molecule has 4 aromatic rings. The molecule has 0 N–H and O–H groups in total. The van der Waals surface area contributed by atoms with E-state index in [1.807, 2.05) is 24.3 Å². The Hall–Kier alpha value is -4.26. The Morgan fingerprint density at radius 3 is 1.19 bits per heavy atom. The topological polar surface area (TPSA) is 71.1 Å². The van der Waals surface area contributed by atoms with E-state index in [-0.39, 0.29) is 13.2 Å². The van der Waals surface area contributed by atoms with Crippen molar-refractivity contribution in [2.24, 2.45) is 0 Å². The van der Waals surface area contributed by atoms with Gasteiger partial charge in [0.05, 0.1) is 24.3 Å². The number of carbonyl (C=O) groups is 2. The zero-order valence-electron chi connectivity index (χ0n) is 28.1. The highest BCUT2D eigenvalue weighted by Crippen LogP contribution is 2.32. The van der Waals surface area contributed by atoms with Crippen LogP contribution in [0.3, 0.4) is 0 Å². The van der Waals surface area contributed by atoms with Gasteiger partial charge in [0.2, 0.25) is 0 Å². The number of benzene rings is 4. The first-order valence-corrected chi connectivity index (χ1v) is 17.6. The highest BCUT2D eigenvalue weighted by Gasteiger charge is 2.51. The average Bonchev–Trinajstić information content (AvgIpc) is 3.72. The third-order valence-electron chi connectivity index (χ3n) is 9.43. The van der Waals surface area contributed by atoms with Crippen LogP contribution < -0.4 is 0 Å². The summed E-state index contributed by atoms with van der Waals surface area (Å²) in [7, 11) is 0. The first kappa shape index (κ1) is 33.6. The number of carbonyl (C=O) groups excluding carboxylic acids is 2. The third-order valence-corrected chi connectivity index (χ3v) is 9.43. The minimum atomic E-state index is -0.580. The second-order valence-corrected chi connectivity index (χ2v) is 12.9. The Balaban J connectivity index is 0.985. The van der Waals surface area contributed by atoms with Gasteiger partial charge in [-0.25, -0.2) is 9.59 Å². The lowest BCUT2D eigenvalue weighted by atomic mass is 10.0. The van der Waals surface area contributed by atoms with Crippen molar-refractivity contribution in [3.8, 4) is 22.3 Å². The highest BCUT2D eigenvalue weighted by molar-refractivity contribution is 5.91. The van der Waals surface area contributed by atoms with Gasteiger partial charge in [-0.3, -0.25) is 0 Å². The molecular weight excluding hydrogens is 600 g/mol. The second kappa shape index (κ2) is 16.2. The number of rotatable bonds is 14. The van der Waals surface area contributed by atoms with Crippen molar-refractivity contribution in [3.63, 3.8) is 0 Å². The summed E-state index contributed by atoms with van der Waals surface area (Å²) in [4.78, 5) is 26.1. The van der Waals surface area contributed by atoms with Crippen molar-refractivity contribution in [1.29, 1.82) is 0 Å². The fraction of sp³-hybridized carbons (Fsp3) is 0.381. The molecule has 2 saturated heterocycles. The van der Waals surface area contributed by atoms with Crippen molar-refractivity contribution < 1.29 is 28.5 Å². The van der Waals surface area contributed by atoms with Crippen molar-refractivity contribution in [3.05, 3.63) is 119 Å². The number of unbranched alkanes of at least 4 members (excludes halogenated alkanes) is 4. The summed E-state index contributed by atoms with van der Waals surface area (Å²) in [6.45, 7) is 4.80. The zero-order chi connectivity index (χ0) is 33.3. The minimum Gasteiger partial charge on any atom is -0.453 e. The first-order valence-electron chi connectivity index (χ1n) is 17.6. The van der Waals surface area contributed by atoms with Crippen LogP contribution >= 0.6 is 0 Å². The lowest BCUT2D eigenvalue weighted by Crippen LogP contribution is -2.36. The number of ether oxygens (including phenoxy) is 4. The van der Waals surface area contributed by atoms with E-state index >= 15 is 0 Å². The largest absolute Gasteiger partial charge is 0.453 e. The van der Waals surface area contributed by atoms with Crippen LogP contribution in [-0.2, 0) is 31.8 Å². The van der Waals surface area contributed by atoms with Crippen LogP contribution in [0.4, 0.5) is 0 Å². The minimum absolute atomic E-state index is 0.184. The van der Waals surface area contributed by atoms with Crippen LogP contribution in [0.15, 0.2) is 97.1 Å². The SMILES string of the molecule is CCCCCc1ccc(-c2ccc(C(=O)O[C@H]3CO[C@H]4[C@@H]3OC[C@H]4OC(=O)c3ccc(-c4ccc(CCCCC)cc4)cc3)cc2)cc1. The molecule has 2 aliphatic heterocycles. The standard InChI is InChI=1S/C42H46O6/c1-3-5-7-9-29-11-15-31(16-12-29)33-19-23-35(24-20-33)41(43)47-37-27-45-40-38(28-46-39(37)40)48-42(44)36-25-21-34(22-26-36)32-17-13-30(14-18-32)10-8-6-4-2/h11-26,37-40H,3-10,27-28H2,1-2H3/t37-,38+,39-,40-/m1/s1. The van der Waals surface area contributed by atoms with E-state index in [0.29, 0.717) is 11.1 Å². The van der Waals surface area contributed by atoms with E-state index in [1.54, 1.807) is 24.3 Å². The molecule has 0 spiro atoms. The molecule has 4 atom stereocenters. The van der Waals surface area contributed by atoms with Gasteiger partial charge in [-0.1, -0.05) is 112 Å². The van der Waals surface area contributed by atoms with Gasteiger partial charge in [-0.05, 0) is 83.3 Å². The van der Waals surface area contributed by atoms with E-state index in [1.165, 1.54) is 49.7 Å². The number of aryl methyl sites for hydroxylation is 2. The third kappa shape index (κ3) is 8.23. The Labute approximate surface area is 284 Å². The normalized spacial score (nSPS) is 20.0. The number of hydrogen-bond acceptors (Lipinski definition) is 6. The summed E-state index contributed by atoms with van der Waals surface area (Å²) >= 11 is 0. The van der Waals surface area contributed by atoms with E-state index in [2.05, 4.69) is 62.4 Å². The Bertz CT molecular complexity index is 1500. The monoisotopic (exact) mass is 646 g/mol. The summed E-state index contributed by atoms with van der Waals surface area (Å²) in [6.07, 6.45) is 7.41. The van der Waals surface area contributed by atoms with Gasteiger partial charge in [0.25, 0.3) is 0 Å². The molecule has 2 fully saturated rings. The van der Waals surface area contributed by atoms with Crippen LogP contribution in [0, 0.1) is 0 Å². The Morgan fingerprint density at radius 1 is 0.521 bits per heavy atom. The van der Waals surface area contributed by atoms with Gasteiger partial charge in [0, 0.05) is 0 Å². The van der Waals surface area contributed by atoms with Crippen LogP contribution in [0.2, 0.25) is 0 Å². The van der Waals surface area contributed by atoms with Gasteiger partial charge < -0.3 is 18.9 Å². The Morgan fingerprint density at radius 2 is 0.854 bits per heavy atom. The maximum atomic E-state index is 13.0. The van der Waals surface area contributed by atoms with Gasteiger partial charge in [-0.2, -0.15) is 0 Å². The molecule has 6 rings (SSSR count). The number of esters is 2. The molecule has 2 aliphatic rings. The predicted molar refractivity (Wildman–Crippen MR) is 188 cm³/mol. The molecule has 0 unspecified atom stereocenters. The lowest BCUT2D eigenvalue weighted by Gasteiger charge is -2.17. The van der Waals surface area contributed by atoms with Crippen LogP contribution in [-0.4, -0.2) is 49.6 Å². The lowest BCUT2D eigenvalue weighted by molar-refractivity contribution is -0.0287. The molecule has 6 nitrogen and oxygen atoms in total. The summed E-state index contributed by atoms with van der Waals surface area (Å²) < 4.78 is 23.5. The highest BCUT2D eigenvalue weighted by atomic mass is 16.7. The van der Waals surface area contributed by atoms with Crippen molar-refractivity contribution >= 4 is 11.9 Å². The number of hydrogen-bond donors (Lipinski definition) is 0. The molecule has 2 heterocycles.